The molecule has 1 aliphatic heterocycles. The molecule has 1 atom stereocenters. The van der Waals surface area contributed by atoms with Crippen LogP contribution in [0.25, 0.3) is 6.08 Å². The van der Waals surface area contributed by atoms with Crippen molar-refractivity contribution >= 4 is 29.1 Å². The first-order valence-corrected chi connectivity index (χ1v) is 12.9. The number of piperidine rings is 1. The zero-order valence-electron chi connectivity index (χ0n) is 22.3. The Bertz CT molecular complexity index is 967. The van der Waals surface area contributed by atoms with Crippen LogP contribution in [-0.4, -0.2) is 42.1 Å². The summed E-state index contributed by atoms with van der Waals surface area (Å²) in [7, 11) is 2.04. The van der Waals surface area contributed by atoms with Crippen molar-refractivity contribution in [2.75, 3.05) is 20.1 Å². The highest BCUT2D eigenvalue weighted by atomic mass is 35.5. The van der Waals surface area contributed by atoms with E-state index in [1.807, 2.05) is 26.1 Å². The van der Waals surface area contributed by atoms with Crippen molar-refractivity contribution in [3.63, 3.8) is 0 Å². The highest BCUT2D eigenvalue weighted by Crippen LogP contribution is 2.33. The van der Waals surface area contributed by atoms with Crippen molar-refractivity contribution < 1.29 is 0 Å². The van der Waals surface area contributed by atoms with E-state index in [2.05, 4.69) is 75.0 Å². The molecular weight excluding hydrogens is 442 g/mol. The molecule has 1 fully saturated rings. The summed E-state index contributed by atoms with van der Waals surface area (Å²) in [5.41, 5.74) is 7.04. The first kappa shape index (κ1) is 28.3. The fraction of sp³-hybridized carbons (Fsp3) is 0.571. The third-order valence-electron chi connectivity index (χ3n) is 6.80. The van der Waals surface area contributed by atoms with Crippen LogP contribution in [0.1, 0.15) is 81.5 Å². The van der Waals surface area contributed by atoms with E-state index in [1.54, 1.807) is 0 Å². The minimum absolute atomic E-state index is 0.249. The van der Waals surface area contributed by atoms with Gasteiger partial charge in [-0.2, -0.15) is 5.10 Å². The summed E-state index contributed by atoms with van der Waals surface area (Å²) in [6.45, 7) is 21.3. The Hall–Kier alpha value is -1.95. The molecule has 34 heavy (non-hydrogen) atoms. The van der Waals surface area contributed by atoms with Gasteiger partial charge in [0.05, 0.1) is 11.4 Å². The van der Waals surface area contributed by atoms with Gasteiger partial charge in [-0.25, -0.2) is 0 Å². The van der Waals surface area contributed by atoms with E-state index in [0.29, 0.717) is 11.8 Å². The van der Waals surface area contributed by atoms with E-state index in [0.717, 1.165) is 50.5 Å². The lowest BCUT2D eigenvalue weighted by Crippen LogP contribution is -2.37. The maximum absolute atomic E-state index is 6.52. The van der Waals surface area contributed by atoms with Crippen molar-refractivity contribution in [1.82, 2.24) is 20.8 Å². The molecule has 6 heteroatoms. The van der Waals surface area contributed by atoms with Crippen LogP contribution in [0.3, 0.4) is 0 Å². The minimum atomic E-state index is 0.249. The van der Waals surface area contributed by atoms with Gasteiger partial charge in [-0.05, 0) is 75.9 Å². The molecule has 1 saturated heterocycles. The van der Waals surface area contributed by atoms with Crippen molar-refractivity contribution in [3.05, 3.63) is 51.8 Å². The molecular formula is C28H44ClN5. The Morgan fingerprint density at radius 3 is 2.32 bits per heavy atom. The number of nitrogens with one attached hydrogen (secondary N) is 3. The molecule has 2 aromatic rings. The summed E-state index contributed by atoms with van der Waals surface area (Å²) < 4.78 is 0. The largest absolute Gasteiger partial charge is 0.317 e. The zero-order chi connectivity index (χ0) is 25.4. The summed E-state index contributed by atoms with van der Waals surface area (Å²) in [4.78, 5) is 5.03. The van der Waals surface area contributed by atoms with Crippen LogP contribution in [0, 0.1) is 25.7 Å². The Balaban J connectivity index is 0.000000430. The van der Waals surface area contributed by atoms with Gasteiger partial charge in [0.15, 0.2) is 0 Å². The van der Waals surface area contributed by atoms with Gasteiger partial charge in [-0.15, -0.1) is 0 Å². The molecule has 0 radical (unpaired) electrons. The number of aryl methyl sites for hydroxylation is 2. The third-order valence-corrected chi connectivity index (χ3v) is 7.13. The Morgan fingerprint density at radius 2 is 1.82 bits per heavy atom. The Kier molecular flexibility index (Phi) is 11.0. The first-order valence-electron chi connectivity index (χ1n) is 12.5. The summed E-state index contributed by atoms with van der Waals surface area (Å²) in [5, 5.41) is 14.9. The number of benzene rings is 1. The second-order valence-corrected chi connectivity index (χ2v) is 10.4. The van der Waals surface area contributed by atoms with E-state index < -0.39 is 0 Å². The van der Waals surface area contributed by atoms with Gasteiger partial charge in [0, 0.05) is 28.2 Å². The minimum Gasteiger partial charge on any atom is -0.317 e. The van der Waals surface area contributed by atoms with Gasteiger partial charge in [0.25, 0.3) is 0 Å². The van der Waals surface area contributed by atoms with Gasteiger partial charge in [-0.1, -0.05) is 64.9 Å². The predicted octanol–water partition coefficient (Wildman–Crippen LogP) is 6.82. The normalized spacial score (nSPS) is 15.9. The van der Waals surface area contributed by atoms with Crippen LogP contribution in [0.2, 0.25) is 5.02 Å². The number of aliphatic imine (C=N–C) groups is 1. The molecule has 0 spiro atoms. The molecule has 2 heterocycles. The number of halogens is 1. The third kappa shape index (κ3) is 7.27. The second-order valence-electron chi connectivity index (χ2n) is 9.97. The quantitative estimate of drug-likeness (QED) is 0.377. The van der Waals surface area contributed by atoms with Crippen LogP contribution in [0.15, 0.2) is 23.7 Å². The van der Waals surface area contributed by atoms with Gasteiger partial charge in [0.1, 0.15) is 5.69 Å². The predicted molar refractivity (Wildman–Crippen MR) is 149 cm³/mol. The monoisotopic (exact) mass is 485 g/mol. The van der Waals surface area contributed by atoms with E-state index in [9.17, 15) is 0 Å². The fourth-order valence-corrected chi connectivity index (χ4v) is 4.44. The standard InChI is InChI=1S/C22H30ClN3.C6H14N2/c1-9-17-16(8)25-26-22(17)21(15(7)12(2)3)24-20-11-19(23)18(13(4)5)10-14(20)6;1-7-6-2-4-8-5-3-6/h9-13,15H,1H2,2-8H3,(H,25,26);6-8H,2-5H2,1H3. The zero-order valence-corrected chi connectivity index (χ0v) is 23.1. The van der Waals surface area contributed by atoms with Crippen LogP contribution >= 0.6 is 11.6 Å². The summed E-state index contributed by atoms with van der Waals surface area (Å²) in [6, 6.07) is 4.90. The average Bonchev–Trinajstić information content (AvgIpc) is 3.19. The number of hydrogen-bond donors (Lipinski definition) is 3. The van der Waals surface area contributed by atoms with Crippen LogP contribution in [0.5, 0.6) is 0 Å². The van der Waals surface area contributed by atoms with Gasteiger partial charge in [0.2, 0.25) is 0 Å². The van der Waals surface area contributed by atoms with Gasteiger partial charge >= 0.3 is 0 Å². The highest BCUT2D eigenvalue weighted by Gasteiger charge is 2.23. The molecule has 1 unspecified atom stereocenters. The Labute approximate surface area is 211 Å². The maximum Gasteiger partial charge on any atom is 0.114 e. The Morgan fingerprint density at radius 1 is 1.18 bits per heavy atom. The van der Waals surface area contributed by atoms with Gasteiger partial charge in [-0.3, -0.25) is 10.1 Å². The first-order chi connectivity index (χ1) is 16.1. The summed E-state index contributed by atoms with van der Waals surface area (Å²) >= 11 is 6.52. The summed E-state index contributed by atoms with van der Waals surface area (Å²) in [6.07, 6.45) is 4.42. The molecule has 5 nitrogen and oxygen atoms in total. The number of hydrogen-bond acceptors (Lipinski definition) is 4. The van der Waals surface area contributed by atoms with Crippen molar-refractivity contribution in [2.24, 2.45) is 16.8 Å². The molecule has 3 N–H and O–H groups in total. The van der Waals surface area contributed by atoms with E-state index in [-0.39, 0.29) is 5.92 Å². The molecule has 1 aromatic heterocycles. The van der Waals surface area contributed by atoms with Gasteiger partial charge < -0.3 is 10.6 Å². The highest BCUT2D eigenvalue weighted by molar-refractivity contribution is 6.31. The SMILES string of the molecule is C=Cc1c(C(=Nc2cc(Cl)c(C(C)C)cc2C)C(C)C(C)C)n[nH]c1C.CNC1CCNCC1. The molecule has 0 aliphatic carbocycles. The fourth-order valence-electron chi connectivity index (χ4n) is 4.07. The second kappa shape index (κ2) is 13.2. The smallest absolute Gasteiger partial charge is 0.114 e. The molecule has 1 aliphatic rings. The summed E-state index contributed by atoms with van der Waals surface area (Å²) in [5.74, 6) is 1.07. The number of aromatic amines is 1. The topological polar surface area (TPSA) is 65.1 Å². The van der Waals surface area contributed by atoms with Crippen LogP contribution in [-0.2, 0) is 0 Å². The molecule has 0 amide bonds. The number of H-pyrrole nitrogens is 1. The van der Waals surface area contributed by atoms with E-state index >= 15 is 0 Å². The average molecular weight is 486 g/mol. The molecule has 0 bridgehead atoms. The van der Waals surface area contributed by atoms with Crippen LogP contribution < -0.4 is 10.6 Å². The lowest BCUT2D eigenvalue weighted by Gasteiger charge is -2.21. The molecule has 188 valence electrons. The number of nitrogens with zero attached hydrogens (tertiary/aromatic N) is 2. The van der Waals surface area contributed by atoms with Crippen molar-refractivity contribution in [1.29, 1.82) is 0 Å². The van der Waals surface area contributed by atoms with Crippen molar-refractivity contribution in [3.8, 4) is 0 Å². The lowest BCUT2D eigenvalue weighted by molar-refractivity contribution is 0.409. The maximum atomic E-state index is 6.52. The van der Waals surface area contributed by atoms with Crippen molar-refractivity contribution in [2.45, 2.75) is 73.3 Å². The van der Waals surface area contributed by atoms with Crippen LogP contribution in [0.4, 0.5) is 5.69 Å². The molecule has 1 aromatic carbocycles. The molecule has 3 rings (SSSR count). The number of aromatic nitrogens is 2. The van der Waals surface area contributed by atoms with E-state index in [1.165, 1.54) is 25.9 Å². The molecule has 0 saturated carbocycles. The lowest BCUT2D eigenvalue weighted by atomic mass is 9.89. The van der Waals surface area contributed by atoms with E-state index in [4.69, 9.17) is 16.6 Å². The number of rotatable bonds is 7.